The van der Waals surface area contributed by atoms with Crippen molar-refractivity contribution in [3.05, 3.63) is 52.8 Å². The Morgan fingerprint density at radius 2 is 1.93 bits per heavy atom. The molecular formula is C11H10ClN3. The van der Waals surface area contributed by atoms with Gasteiger partial charge in [0.1, 0.15) is 11.0 Å². The smallest absolute Gasteiger partial charge is 0.133 e. The predicted octanol–water partition coefficient (Wildman–Crippen LogP) is 2.42. The van der Waals surface area contributed by atoms with Gasteiger partial charge in [-0.1, -0.05) is 11.6 Å². The van der Waals surface area contributed by atoms with Crippen molar-refractivity contribution in [1.29, 1.82) is 0 Å². The van der Waals surface area contributed by atoms with Crippen LogP contribution in [0.1, 0.15) is 17.1 Å². The fourth-order valence-electron chi connectivity index (χ4n) is 1.39. The molecule has 2 rings (SSSR count). The fraction of sp³-hybridized carbons (Fsp3) is 0.182. The van der Waals surface area contributed by atoms with E-state index in [2.05, 4.69) is 15.0 Å². The molecule has 2 aromatic rings. The van der Waals surface area contributed by atoms with E-state index >= 15 is 0 Å². The first-order chi connectivity index (χ1) is 7.24. The zero-order chi connectivity index (χ0) is 10.7. The van der Waals surface area contributed by atoms with Crippen molar-refractivity contribution >= 4 is 11.6 Å². The lowest BCUT2D eigenvalue weighted by molar-refractivity contribution is 0.966. The second-order valence-corrected chi connectivity index (χ2v) is 3.65. The molecule has 0 radical (unpaired) electrons. The van der Waals surface area contributed by atoms with Gasteiger partial charge >= 0.3 is 0 Å². The molecule has 2 aromatic heterocycles. The van der Waals surface area contributed by atoms with Crippen LogP contribution in [-0.4, -0.2) is 15.0 Å². The number of hydrogen-bond acceptors (Lipinski definition) is 3. The summed E-state index contributed by atoms with van der Waals surface area (Å²) in [5.74, 6) is 0.701. The highest BCUT2D eigenvalue weighted by atomic mass is 35.5. The van der Waals surface area contributed by atoms with Crippen molar-refractivity contribution in [2.75, 3.05) is 0 Å². The molecule has 2 heterocycles. The SMILES string of the molecule is Cc1nc(Cl)cc(Cc2ccncc2)n1. The molecule has 0 N–H and O–H groups in total. The van der Waals surface area contributed by atoms with E-state index in [1.54, 1.807) is 18.5 Å². The quantitative estimate of drug-likeness (QED) is 0.729. The first-order valence-electron chi connectivity index (χ1n) is 4.63. The zero-order valence-electron chi connectivity index (χ0n) is 8.31. The van der Waals surface area contributed by atoms with Gasteiger partial charge in [-0.3, -0.25) is 4.98 Å². The van der Waals surface area contributed by atoms with Gasteiger partial charge in [-0.25, -0.2) is 9.97 Å². The summed E-state index contributed by atoms with van der Waals surface area (Å²) >= 11 is 5.85. The van der Waals surface area contributed by atoms with Crippen LogP contribution in [0.15, 0.2) is 30.6 Å². The van der Waals surface area contributed by atoms with Gasteiger partial charge in [-0.05, 0) is 30.7 Å². The first kappa shape index (κ1) is 10.1. The summed E-state index contributed by atoms with van der Waals surface area (Å²) in [5, 5.41) is 0.492. The van der Waals surface area contributed by atoms with Crippen LogP contribution >= 0.6 is 11.6 Å². The van der Waals surface area contributed by atoms with Crippen LogP contribution in [0, 0.1) is 6.92 Å². The Hall–Kier alpha value is -1.48. The summed E-state index contributed by atoms with van der Waals surface area (Å²) in [7, 11) is 0. The Morgan fingerprint density at radius 1 is 1.20 bits per heavy atom. The number of aromatic nitrogens is 3. The summed E-state index contributed by atoms with van der Waals surface area (Å²) in [4.78, 5) is 12.3. The largest absolute Gasteiger partial charge is 0.265 e. The molecule has 0 atom stereocenters. The number of halogens is 1. The molecule has 0 aliphatic carbocycles. The molecule has 0 spiro atoms. The standard InChI is InChI=1S/C11H10ClN3/c1-8-14-10(7-11(12)15-8)6-9-2-4-13-5-3-9/h2-5,7H,6H2,1H3. The molecule has 76 valence electrons. The van der Waals surface area contributed by atoms with Crippen LogP contribution in [0.2, 0.25) is 5.15 Å². The monoisotopic (exact) mass is 219 g/mol. The van der Waals surface area contributed by atoms with Crippen LogP contribution in [-0.2, 0) is 6.42 Å². The molecule has 4 heteroatoms. The lowest BCUT2D eigenvalue weighted by atomic mass is 10.1. The van der Waals surface area contributed by atoms with E-state index < -0.39 is 0 Å². The van der Waals surface area contributed by atoms with E-state index in [9.17, 15) is 0 Å². The Labute approximate surface area is 93.2 Å². The molecule has 0 bridgehead atoms. The molecular weight excluding hydrogens is 210 g/mol. The Bertz CT molecular complexity index is 436. The molecule has 0 fully saturated rings. The third-order valence-corrected chi connectivity index (χ3v) is 2.19. The summed E-state index contributed by atoms with van der Waals surface area (Å²) in [5.41, 5.74) is 2.10. The third kappa shape index (κ3) is 2.73. The number of hydrogen-bond donors (Lipinski definition) is 0. The number of aryl methyl sites for hydroxylation is 1. The van der Waals surface area contributed by atoms with E-state index in [1.165, 1.54) is 5.56 Å². The van der Waals surface area contributed by atoms with Crippen LogP contribution in [0.4, 0.5) is 0 Å². The average Bonchev–Trinajstić information content (AvgIpc) is 2.17. The minimum absolute atomic E-state index is 0.492. The molecule has 0 unspecified atom stereocenters. The van der Waals surface area contributed by atoms with E-state index in [0.717, 1.165) is 12.1 Å². The van der Waals surface area contributed by atoms with Crippen LogP contribution < -0.4 is 0 Å². The Morgan fingerprint density at radius 3 is 2.60 bits per heavy atom. The predicted molar refractivity (Wildman–Crippen MR) is 58.8 cm³/mol. The Balaban J connectivity index is 2.25. The molecule has 3 nitrogen and oxygen atoms in total. The number of pyridine rings is 1. The van der Waals surface area contributed by atoms with Crippen LogP contribution in [0.3, 0.4) is 0 Å². The van der Waals surface area contributed by atoms with Crippen molar-refractivity contribution in [1.82, 2.24) is 15.0 Å². The fourth-order valence-corrected chi connectivity index (χ4v) is 1.64. The summed E-state index contributed by atoms with van der Waals surface area (Å²) in [6.07, 6.45) is 4.29. The van der Waals surface area contributed by atoms with E-state index in [4.69, 9.17) is 11.6 Å². The lowest BCUT2D eigenvalue weighted by Gasteiger charge is -2.02. The first-order valence-corrected chi connectivity index (χ1v) is 5.01. The topological polar surface area (TPSA) is 38.7 Å². The summed E-state index contributed by atoms with van der Waals surface area (Å²) < 4.78 is 0. The average molecular weight is 220 g/mol. The van der Waals surface area contributed by atoms with Crippen molar-refractivity contribution in [2.45, 2.75) is 13.3 Å². The summed E-state index contributed by atoms with van der Waals surface area (Å²) in [6.45, 7) is 1.84. The van der Waals surface area contributed by atoms with Crippen molar-refractivity contribution in [3.8, 4) is 0 Å². The third-order valence-electron chi connectivity index (χ3n) is 1.99. The number of nitrogens with zero attached hydrogens (tertiary/aromatic N) is 3. The minimum Gasteiger partial charge on any atom is -0.265 e. The van der Waals surface area contributed by atoms with Crippen molar-refractivity contribution in [2.24, 2.45) is 0 Å². The summed E-state index contributed by atoms with van der Waals surface area (Å²) in [6, 6.07) is 5.71. The highest BCUT2D eigenvalue weighted by Crippen LogP contribution is 2.11. The lowest BCUT2D eigenvalue weighted by Crippen LogP contribution is -1.97. The zero-order valence-corrected chi connectivity index (χ0v) is 9.07. The van der Waals surface area contributed by atoms with Gasteiger partial charge in [-0.2, -0.15) is 0 Å². The normalized spacial score (nSPS) is 10.3. The molecule has 0 aromatic carbocycles. The maximum atomic E-state index is 5.85. The van der Waals surface area contributed by atoms with Gasteiger partial charge in [0, 0.05) is 24.5 Å². The van der Waals surface area contributed by atoms with Crippen molar-refractivity contribution in [3.63, 3.8) is 0 Å². The van der Waals surface area contributed by atoms with Gasteiger partial charge in [0.2, 0.25) is 0 Å². The second-order valence-electron chi connectivity index (χ2n) is 3.26. The highest BCUT2D eigenvalue weighted by Gasteiger charge is 2.01. The van der Waals surface area contributed by atoms with Gasteiger partial charge in [0.15, 0.2) is 0 Å². The Kier molecular flexibility index (Phi) is 2.92. The van der Waals surface area contributed by atoms with E-state index in [1.807, 2.05) is 19.1 Å². The van der Waals surface area contributed by atoms with Crippen LogP contribution in [0.5, 0.6) is 0 Å². The number of rotatable bonds is 2. The second kappa shape index (κ2) is 4.36. The molecule has 0 amide bonds. The molecule has 0 saturated carbocycles. The van der Waals surface area contributed by atoms with Crippen molar-refractivity contribution < 1.29 is 0 Å². The van der Waals surface area contributed by atoms with Crippen LogP contribution in [0.25, 0.3) is 0 Å². The maximum absolute atomic E-state index is 5.85. The van der Waals surface area contributed by atoms with Gasteiger partial charge in [-0.15, -0.1) is 0 Å². The van der Waals surface area contributed by atoms with E-state index in [-0.39, 0.29) is 0 Å². The van der Waals surface area contributed by atoms with Gasteiger partial charge in [0.05, 0.1) is 0 Å². The van der Waals surface area contributed by atoms with Gasteiger partial charge in [0.25, 0.3) is 0 Å². The van der Waals surface area contributed by atoms with E-state index in [0.29, 0.717) is 11.0 Å². The molecule has 15 heavy (non-hydrogen) atoms. The molecule has 0 aliphatic heterocycles. The molecule has 0 saturated heterocycles. The maximum Gasteiger partial charge on any atom is 0.133 e. The van der Waals surface area contributed by atoms with Gasteiger partial charge < -0.3 is 0 Å². The minimum atomic E-state index is 0.492. The molecule has 0 aliphatic rings. The highest BCUT2D eigenvalue weighted by molar-refractivity contribution is 6.29.